The predicted octanol–water partition coefficient (Wildman–Crippen LogP) is 4.28. The lowest BCUT2D eigenvalue weighted by Gasteiger charge is -2.37. The van der Waals surface area contributed by atoms with Crippen molar-refractivity contribution in [1.82, 2.24) is 4.90 Å². The van der Waals surface area contributed by atoms with Gasteiger partial charge in [-0.15, -0.1) is 0 Å². The summed E-state index contributed by atoms with van der Waals surface area (Å²) in [5, 5.41) is 0. The summed E-state index contributed by atoms with van der Waals surface area (Å²) in [6, 6.07) is 15.2. The molecule has 0 unspecified atom stereocenters. The van der Waals surface area contributed by atoms with Gasteiger partial charge in [0.2, 0.25) is 5.91 Å². The third-order valence-corrected chi connectivity index (χ3v) is 8.52. The van der Waals surface area contributed by atoms with Crippen molar-refractivity contribution in [2.24, 2.45) is 0 Å². The van der Waals surface area contributed by atoms with Gasteiger partial charge in [0.15, 0.2) is 11.5 Å². The standard InChI is InChI=1S/C28H30F3N3O6S/c1-38-23-9-7-21(8-10-23)32-13-15-33(16-14-32)27(35)19-34(22-6-4-5-20(17-22)28(29,30)31)41(36,37)24-11-12-25(39-2)26(18-24)40-3/h4-12,17-18H,13-16,19H2,1-3H3. The van der Waals surface area contributed by atoms with Gasteiger partial charge >= 0.3 is 6.18 Å². The lowest BCUT2D eigenvalue weighted by Crippen LogP contribution is -2.52. The van der Waals surface area contributed by atoms with Crippen molar-refractivity contribution >= 4 is 27.3 Å². The van der Waals surface area contributed by atoms with E-state index in [2.05, 4.69) is 4.90 Å². The molecule has 220 valence electrons. The lowest BCUT2D eigenvalue weighted by molar-refractivity contribution is -0.137. The first-order chi connectivity index (χ1) is 19.5. The number of alkyl halides is 3. The molecular weight excluding hydrogens is 563 g/mol. The molecule has 0 aromatic heterocycles. The van der Waals surface area contributed by atoms with Crippen molar-refractivity contribution in [3.63, 3.8) is 0 Å². The van der Waals surface area contributed by atoms with Gasteiger partial charge in [-0.1, -0.05) is 6.07 Å². The highest BCUT2D eigenvalue weighted by Crippen LogP contribution is 2.35. The maximum Gasteiger partial charge on any atom is 0.416 e. The molecule has 3 aromatic rings. The van der Waals surface area contributed by atoms with E-state index in [1.807, 2.05) is 24.3 Å². The zero-order chi connectivity index (χ0) is 29.8. The third-order valence-electron chi connectivity index (χ3n) is 6.75. The molecule has 1 aliphatic heterocycles. The molecule has 0 bridgehead atoms. The fraction of sp³-hybridized carbons (Fsp3) is 0.321. The van der Waals surface area contributed by atoms with Crippen LogP contribution < -0.4 is 23.4 Å². The summed E-state index contributed by atoms with van der Waals surface area (Å²) < 4.78 is 84.5. The molecule has 1 amide bonds. The Morgan fingerprint density at radius 3 is 2.10 bits per heavy atom. The average molecular weight is 594 g/mol. The number of rotatable bonds is 9. The van der Waals surface area contributed by atoms with Crippen molar-refractivity contribution in [1.29, 1.82) is 0 Å². The van der Waals surface area contributed by atoms with Crippen LogP contribution in [0.25, 0.3) is 0 Å². The zero-order valence-electron chi connectivity index (χ0n) is 22.7. The van der Waals surface area contributed by atoms with Crippen LogP contribution in [0.3, 0.4) is 0 Å². The molecule has 0 saturated carbocycles. The summed E-state index contributed by atoms with van der Waals surface area (Å²) in [6.45, 7) is 0.893. The van der Waals surface area contributed by atoms with E-state index in [0.29, 0.717) is 42.3 Å². The van der Waals surface area contributed by atoms with E-state index in [1.165, 1.54) is 43.4 Å². The van der Waals surface area contributed by atoms with Crippen LogP contribution in [-0.4, -0.2) is 73.3 Å². The lowest BCUT2D eigenvalue weighted by atomic mass is 10.2. The molecule has 3 aromatic carbocycles. The summed E-state index contributed by atoms with van der Waals surface area (Å²) in [4.78, 5) is 16.7. The Morgan fingerprint density at radius 2 is 1.51 bits per heavy atom. The molecule has 1 heterocycles. The molecule has 1 saturated heterocycles. The normalized spacial score (nSPS) is 14.0. The molecule has 4 rings (SSSR count). The monoisotopic (exact) mass is 593 g/mol. The van der Waals surface area contributed by atoms with Gasteiger partial charge in [-0.3, -0.25) is 9.10 Å². The Balaban J connectivity index is 1.61. The van der Waals surface area contributed by atoms with E-state index < -0.39 is 34.2 Å². The minimum atomic E-state index is -4.71. The number of ether oxygens (including phenoxy) is 3. The number of hydrogen-bond donors (Lipinski definition) is 0. The van der Waals surface area contributed by atoms with Crippen molar-refractivity contribution < 1.29 is 40.6 Å². The number of carbonyl (C=O) groups excluding carboxylic acids is 1. The fourth-order valence-electron chi connectivity index (χ4n) is 4.49. The molecule has 0 radical (unpaired) electrons. The number of anilines is 2. The zero-order valence-corrected chi connectivity index (χ0v) is 23.5. The molecule has 1 aliphatic rings. The minimum absolute atomic E-state index is 0.110. The van der Waals surface area contributed by atoms with Crippen LogP contribution in [0.15, 0.2) is 71.6 Å². The van der Waals surface area contributed by atoms with Crippen LogP contribution >= 0.6 is 0 Å². The van der Waals surface area contributed by atoms with Crippen molar-refractivity contribution in [3.05, 3.63) is 72.3 Å². The number of piperazine rings is 1. The molecule has 41 heavy (non-hydrogen) atoms. The predicted molar refractivity (Wildman–Crippen MR) is 147 cm³/mol. The Labute approximate surface area is 236 Å². The molecule has 1 fully saturated rings. The highest BCUT2D eigenvalue weighted by Gasteiger charge is 2.34. The number of halogens is 3. The number of benzene rings is 3. The van der Waals surface area contributed by atoms with Gasteiger partial charge in [0.05, 0.1) is 37.5 Å². The average Bonchev–Trinajstić information content (AvgIpc) is 2.99. The summed E-state index contributed by atoms with van der Waals surface area (Å²) in [7, 11) is -0.220. The summed E-state index contributed by atoms with van der Waals surface area (Å²) in [5.41, 5.74) is -0.387. The molecule has 9 nitrogen and oxygen atoms in total. The second kappa shape index (κ2) is 12.2. The van der Waals surface area contributed by atoms with E-state index in [1.54, 1.807) is 7.11 Å². The highest BCUT2D eigenvalue weighted by atomic mass is 32.2. The van der Waals surface area contributed by atoms with Crippen LogP contribution in [0, 0.1) is 0 Å². The van der Waals surface area contributed by atoms with Crippen LogP contribution in [-0.2, 0) is 21.0 Å². The van der Waals surface area contributed by atoms with E-state index in [0.717, 1.165) is 17.8 Å². The highest BCUT2D eigenvalue weighted by molar-refractivity contribution is 7.92. The maximum atomic E-state index is 13.8. The minimum Gasteiger partial charge on any atom is -0.497 e. The molecule has 0 N–H and O–H groups in total. The topological polar surface area (TPSA) is 88.6 Å². The van der Waals surface area contributed by atoms with Crippen LogP contribution in [0.4, 0.5) is 24.5 Å². The van der Waals surface area contributed by atoms with Gasteiger partial charge in [-0.25, -0.2) is 8.42 Å². The van der Waals surface area contributed by atoms with Gasteiger partial charge < -0.3 is 24.0 Å². The van der Waals surface area contributed by atoms with Gasteiger partial charge in [0.1, 0.15) is 12.3 Å². The number of amides is 1. The van der Waals surface area contributed by atoms with Gasteiger partial charge in [-0.2, -0.15) is 13.2 Å². The van der Waals surface area contributed by atoms with Crippen LogP contribution in [0.5, 0.6) is 17.2 Å². The Morgan fingerprint density at radius 1 is 0.854 bits per heavy atom. The molecule has 0 atom stereocenters. The summed E-state index contributed by atoms with van der Waals surface area (Å²) in [5.74, 6) is 0.551. The first-order valence-corrected chi connectivity index (χ1v) is 14.0. The maximum absolute atomic E-state index is 13.8. The third kappa shape index (κ3) is 6.62. The van der Waals surface area contributed by atoms with Crippen LogP contribution in [0.2, 0.25) is 0 Å². The molecule has 13 heteroatoms. The van der Waals surface area contributed by atoms with Gasteiger partial charge in [0, 0.05) is 37.9 Å². The molecule has 0 spiro atoms. The Bertz CT molecular complexity index is 1470. The van der Waals surface area contributed by atoms with Gasteiger partial charge in [-0.05, 0) is 54.6 Å². The summed E-state index contributed by atoms with van der Waals surface area (Å²) >= 11 is 0. The Hall–Kier alpha value is -4.13. The Kier molecular flexibility index (Phi) is 8.86. The molecule has 0 aliphatic carbocycles. The van der Waals surface area contributed by atoms with Crippen molar-refractivity contribution in [2.45, 2.75) is 11.1 Å². The number of methoxy groups -OCH3 is 3. The number of hydrogen-bond acceptors (Lipinski definition) is 7. The van der Waals surface area contributed by atoms with E-state index in [9.17, 15) is 26.4 Å². The van der Waals surface area contributed by atoms with Crippen molar-refractivity contribution in [2.75, 3.05) is 63.3 Å². The van der Waals surface area contributed by atoms with Gasteiger partial charge in [0.25, 0.3) is 10.0 Å². The van der Waals surface area contributed by atoms with Crippen molar-refractivity contribution in [3.8, 4) is 17.2 Å². The SMILES string of the molecule is COc1ccc(N2CCN(C(=O)CN(c3cccc(C(F)(F)F)c3)S(=O)(=O)c3ccc(OC)c(OC)c3)CC2)cc1. The second-order valence-electron chi connectivity index (χ2n) is 9.14. The van der Waals surface area contributed by atoms with Crippen LogP contribution in [0.1, 0.15) is 5.56 Å². The van der Waals surface area contributed by atoms with E-state index in [4.69, 9.17) is 14.2 Å². The van der Waals surface area contributed by atoms with E-state index >= 15 is 0 Å². The number of sulfonamides is 1. The summed E-state index contributed by atoms with van der Waals surface area (Å²) in [6.07, 6.45) is -4.71. The number of carbonyl (C=O) groups is 1. The largest absolute Gasteiger partial charge is 0.497 e. The second-order valence-corrected chi connectivity index (χ2v) is 11.0. The first kappa shape index (κ1) is 29.8. The number of nitrogens with zero attached hydrogens (tertiary/aromatic N) is 3. The quantitative estimate of drug-likeness (QED) is 0.366. The first-order valence-electron chi connectivity index (χ1n) is 12.6. The molecular formula is C28H30F3N3O6S. The fourth-order valence-corrected chi connectivity index (χ4v) is 5.91. The smallest absolute Gasteiger partial charge is 0.416 e. The van der Waals surface area contributed by atoms with E-state index in [-0.39, 0.29) is 22.1 Å².